The van der Waals surface area contributed by atoms with E-state index in [9.17, 15) is 9.59 Å². The lowest BCUT2D eigenvalue weighted by atomic mass is 9.99. The summed E-state index contributed by atoms with van der Waals surface area (Å²) in [7, 11) is 0. The zero-order valence-corrected chi connectivity index (χ0v) is 14.0. The number of piperidine rings is 1. The molecule has 1 saturated heterocycles. The van der Waals surface area contributed by atoms with Gasteiger partial charge in [-0.05, 0) is 24.3 Å². The van der Waals surface area contributed by atoms with E-state index in [1.54, 1.807) is 4.90 Å². The maximum Gasteiger partial charge on any atom is 0.245 e. The summed E-state index contributed by atoms with van der Waals surface area (Å²) in [6.07, 6.45) is 2.17. The monoisotopic (exact) mass is 317 g/mol. The normalized spacial score (nSPS) is 19.5. The molecule has 0 aromatic heterocycles. The summed E-state index contributed by atoms with van der Waals surface area (Å²) in [5.41, 5.74) is 6.91. The molecule has 5 heteroatoms. The largest absolute Gasteiger partial charge is 0.344 e. The highest BCUT2D eigenvalue weighted by Crippen LogP contribution is 2.13. The van der Waals surface area contributed by atoms with Crippen LogP contribution in [-0.4, -0.2) is 41.9 Å². The van der Waals surface area contributed by atoms with Crippen LogP contribution in [0, 0.1) is 5.92 Å². The van der Waals surface area contributed by atoms with Gasteiger partial charge in [0.1, 0.15) is 6.04 Å². The molecule has 0 saturated carbocycles. The quantitative estimate of drug-likeness (QED) is 0.860. The lowest BCUT2D eigenvalue weighted by molar-refractivity contribution is -0.138. The minimum atomic E-state index is -0.489. The Balaban J connectivity index is 1.97. The van der Waals surface area contributed by atoms with Gasteiger partial charge in [0, 0.05) is 19.1 Å². The van der Waals surface area contributed by atoms with Gasteiger partial charge >= 0.3 is 0 Å². The predicted octanol–water partition coefficient (Wildman–Crippen LogP) is 1.32. The third-order valence-corrected chi connectivity index (χ3v) is 4.23. The first-order valence-electron chi connectivity index (χ1n) is 8.35. The van der Waals surface area contributed by atoms with Crippen molar-refractivity contribution in [1.82, 2.24) is 10.2 Å². The molecule has 2 unspecified atom stereocenters. The van der Waals surface area contributed by atoms with Crippen LogP contribution in [0.15, 0.2) is 30.3 Å². The number of nitrogens with zero attached hydrogens (tertiary/aromatic N) is 1. The number of nitrogens with one attached hydrogen (secondary N) is 1. The maximum atomic E-state index is 12.7. The fourth-order valence-corrected chi connectivity index (χ4v) is 2.93. The molecule has 1 aliphatic heterocycles. The second-order valence-corrected chi connectivity index (χ2v) is 6.64. The van der Waals surface area contributed by atoms with Crippen LogP contribution in [0.25, 0.3) is 0 Å². The Morgan fingerprint density at radius 1 is 1.30 bits per heavy atom. The van der Waals surface area contributed by atoms with E-state index in [-0.39, 0.29) is 30.2 Å². The molecule has 1 aliphatic rings. The molecule has 2 atom stereocenters. The molecule has 2 rings (SSSR count). The Labute approximate surface area is 138 Å². The summed E-state index contributed by atoms with van der Waals surface area (Å²) in [5.74, 6) is -0.0958. The van der Waals surface area contributed by atoms with Crippen LogP contribution in [0.2, 0.25) is 0 Å². The van der Waals surface area contributed by atoms with E-state index in [0.717, 1.165) is 24.9 Å². The standard InChI is InChI=1S/C18H27N3O2/c1-13(2)17(18(23)21-10-6-9-15(19)12-21)20-16(22)11-14-7-4-3-5-8-14/h3-5,7-8,13,15,17H,6,9-12,19H2,1-2H3,(H,20,22). The summed E-state index contributed by atoms with van der Waals surface area (Å²) in [5, 5.41) is 2.91. The van der Waals surface area contributed by atoms with Crippen LogP contribution in [0.1, 0.15) is 32.3 Å². The van der Waals surface area contributed by atoms with Gasteiger partial charge in [-0.15, -0.1) is 0 Å². The third-order valence-electron chi connectivity index (χ3n) is 4.23. The highest BCUT2D eigenvalue weighted by molar-refractivity contribution is 5.88. The van der Waals surface area contributed by atoms with Gasteiger partial charge in [0.05, 0.1) is 6.42 Å². The van der Waals surface area contributed by atoms with E-state index in [1.807, 2.05) is 44.2 Å². The summed E-state index contributed by atoms with van der Waals surface area (Å²) < 4.78 is 0. The Morgan fingerprint density at radius 2 is 2.00 bits per heavy atom. The van der Waals surface area contributed by atoms with Crippen molar-refractivity contribution in [2.24, 2.45) is 11.7 Å². The van der Waals surface area contributed by atoms with Crippen LogP contribution >= 0.6 is 0 Å². The molecule has 0 bridgehead atoms. The topological polar surface area (TPSA) is 75.4 Å². The SMILES string of the molecule is CC(C)C(NC(=O)Cc1ccccc1)C(=O)N1CCCC(N)C1. The molecule has 1 aromatic carbocycles. The lowest BCUT2D eigenvalue weighted by Gasteiger charge is -2.34. The number of carbonyl (C=O) groups excluding carboxylic acids is 2. The van der Waals surface area contributed by atoms with E-state index >= 15 is 0 Å². The van der Waals surface area contributed by atoms with E-state index in [1.165, 1.54) is 0 Å². The minimum absolute atomic E-state index is 0.0171. The number of nitrogens with two attached hydrogens (primary N) is 1. The first kappa shape index (κ1) is 17.5. The second kappa shape index (κ2) is 8.11. The molecular weight excluding hydrogens is 290 g/mol. The van der Waals surface area contributed by atoms with Gasteiger partial charge in [-0.3, -0.25) is 9.59 Å². The first-order chi connectivity index (χ1) is 11.0. The van der Waals surface area contributed by atoms with Gasteiger partial charge in [-0.2, -0.15) is 0 Å². The van der Waals surface area contributed by atoms with Crippen molar-refractivity contribution in [1.29, 1.82) is 0 Å². The molecule has 3 N–H and O–H groups in total. The summed E-state index contributed by atoms with van der Waals surface area (Å²) >= 11 is 0. The molecule has 1 aromatic rings. The fourth-order valence-electron chi connectivity index (χ4n) is 2.93. The van der Waals surface area contributed by atoms with Crippen molar-refractivity contribution < 1.29 is 9.59 Å². The fraction of sp³-hybridized carbons (Fsp3) is 0.556. The number of carbonyl (C=O) groups is 2. The van der Waals surface area contributed by atoms with E-state index in [4.69, 9.17) is 5.73 Å². The molecule has 0 spiro atoms. The van der Waals surface area contributed by atoms with Crippen molar-refractivity contribution >= 4 is 11.8 Å². The second-order valence-electron chi connectivity index (χ2n) is 6.64. The molecule has 126 valence electrons. The number of rotatable bonds is 5. The molecule has 5 nitrogen and oxygen atoms in total. The minimum Gasteiger partial charge on any atom is -0.344 e. The molecule has 23 heavy (non-hydrogen) atoms. The zero-order chi connectivity index (χ0) is 16.8. The lowest BCUT2D eigenvalue weighted by Crippen LogP contribution is -2.55. The number of benzene rings is 1. The highest BCUT2D eigenvalue weighted by atomic mass is 16.2. The van der Waals surface area contributed by atoms with Gasteiger partial charge in [0.25, 0.3) is 0 Å². The Bertz CT molecular complexity index is 530. The average Bonchev–Trinajstić information content (AvgIpc) is 2.52. The van der Waals surface area contributed by atoms with E-state index in [0.29, 0.717) is 6.54 Å². The average molecular weight is 317 g/mol. The Kier molecular flexibility index (Phi) is 6.16. The van der Waals surface area contributed by atoms with Crippen LogP contribution < -0.4 is 11.1 Å². The molecule has 0 aliphatic carbocycles. The van der Waals surface area contributed by atoms with Crippen molar-refractivity contribution in [2.75, 3.05) is 13.1 Å². The van der Waals surface area contributed by atoms with Crippen LogP contribution in [0.4, 0.5) is 0 Å². The van der Waals surface area contributed by atoms with Gasteiger partial charge in [0.15, 0.2) is 0 Å². The highest BCUT2D eigenvalue weighted by Gasteiger charge is 2.30. The van der Waals surface area contributed by atoms with Crippen molar-refractivity contribution in [3.8, 4) is 0 Å². The van der Waals surface area contributed by atoms with Crippen LogP contribution in [0.5, 0.6) is 0 Å². The summed E-state index contributed by atoms with van der Waals surface area (Å²) in [6.45, 7) is 5.21. The van der Waals surface area contributed by atoms with Gasteiger partial charge in [-0.25, -0.2) is 0 Å². The van der Waals surface area contributed by atoms with Gasteiger partial charge < -0.3 is 16.0 Å². The van der Waals surface area contributed by atoms with Crippen molar-refractivity contribution in [2.45, 2.75) is 45.2 Å². The maximum absolute atomic E-state index is 12.7. The number of likely N-dealkylation sites (tertiary alicyclic amines) is 1. The summed E-state index contributed by atoms with van der Waals surface area (Å²) in [4.78, 5) is 26.8. The molecule has 1 heterocycles. The number of hydrogen-bond donors (Lipinski definition) is 2. The first-order valence-corrected chi connectivity index (χ1v) is 8.35. The Hall–Kier alpha value is -1.88. The Morgan fingerprint density at radius 3 is 2.61 bits per heavy atom. The van der Waals surface area contributed by atoms with E-state index in [2.05, 4.69) is 5.32 Å². The third kappa shape index (κ3) is 5.06. The van der Waals surface area contributed by atoms with Crippen LogP contribution in [0.3, 0.4) is 0 Å². The molecular formula is C18H27N3O2. The molecule has 0 radical (unpaired) electrons. The number of amides is 2. The molecule has 2 amide bonds. The van der Waals surface area contributed by atoms with Crippen LogP contribution in [-0.2, 0) is 16.0 Å². The smallest absolute Gasteiger partial charge is 0.245 e. The van der Waals surface area contributed by atoms with E-state index < -0.39 is 6.04 Å². The molecule has 1 fully saturated rings. The van der Waals surface area contributed by atoms with Gasteiger partial charge in [-0.1, -0.05) is 44.2 Å². The zero-order valence-electron chi connectivity index (χ0n) is 14.0. The summed E-state index contributed by atoms with van der Waals surface area (Å²) in [6, 6.07) is 9.11. The van der Waals surface area contributed by atoms with Crippen molar-refractivity contribution in [3.05, 3.63) is 35.9 Å². The number of hydrogen-bond acceptors (Lipinski definition) is 3. The predicted molar refractivity (Wildman–Crippen MR) is 90.7 cm³/mol. The van der Waals surface area contributed by atoms with Crippen molar-refractivity contribution in [3.63, 3.8) is 0 Å². The van der Waals surface area contributed by atoms with Gasteiger partial charge in [0.2, 0.25) is 11.8 Å².